The van der Waals surface area contributed by atoms with Gasteiger partial charge in [-0.05, 0) is 32.4 Å². The van der Waals surface area contributed by atoms with Gasteiger partial charge in [0.1, 0.15) is 5.82 Å². The number of nitrogens with zero attached hydrogens (tertiary/aromatic N) is 4. The van der Waals surface area contributed by atoms with Crippen LogP contribution < -0.4 is 5.32 Å². The molecule has 1 N–H and O–H groups in total. The third kappa shape index (κ3) is 3.94. The Morgan fingerprint density at radius 1 is 1.29 bits per heavy atom. The zero-order chi connectivity index (χ0) is 15.2. The van der Waals surface area contributed by atoms with Crippen LogP contribution in [0.5, 0.6) is 0 Å². The van der Waals surface area contributed by atoms with E-state index in [4.69, 9.17) is 5.10 Å². The van der Waals surface area contributed by atoms with Crippen LogP contribution >= 0.6 is 0 Å². The molecule has 0 aliphatic rings. The Balaban J connectivity index is 2.11. The second-order valence-electron chi connectivity index (χ2n) is 5.65. The minimum absolute atomic E-state index is 0.213. The standard InChI is InChI=1S/C16H27N5/c1-5-8-17-15(16-18-9-11-20(16)4)12-14-7-10-21(19-14)13(3)6-2/h7,9-11,13,15,17H,5-6,8,12H2,1-4H3. The van der Waals surface area contributed by atoms with Crippen LogP contribution in [0.15, 0.2) is 24.7 Å². The van der Waals surface area contributed by atoms with Gasteiger partial charge >= 0.3 is 0 Å². The second kappa shape index (κ2) is 7.41. The minimum atomic E-state index is 0.213. The summed E-state index contributed by atoms with van der Waals surface area (Å²) in [5.41, 5.74) is 1.12. The van der Waals surface area contributed by atoms with Gasteiger partial charge in [-0.15, -0.1) is 0 Å². The molecule has 2 unspecified atom stereocenters. The minimum Gasteiger partial charge on any atom is -0.337 e. The van der Waals surface area contributed by atoms with Crippen molar-refractivity contribution in [2.24, 2.45) is 7.05 Å². The molecule has 0 radical (unpaired) electrons. The molecule has 5 heteroatoms. The molecule has 21 heavy (non-hydrogen) atoms. The highest BCUT2D eigenvalue weighted by molar-refractivity contribution is 5.08. The van der Waals surface area contributed by atoms with Crippen LogP contribution in [0.3, 0.4) is 0 Å². The summed E-state index contributed by atoms with van der Waals surface area (Å²) < 4.78 is 4.14. The first-order chi connectivity index (χ1) is 10.2. The van der Waals surface area contributed by atoms with Crippen molar-refractivity contribution in [3.63, 3.8) is 0 Å². The lowest BCUT2D eigenvalue weighted by Crippen LogP contribution is -2.26. The molecule has 0 bridgehead atoms. The average Bonchev–Trinajstić information content (AvgIpc) is 3.11. The van der Waals surface area contributed by atoms with Gasteiger partial charge in [-0.25, -0.2) is 4.98 Å². The highest BCUT2D eigenvalue weighted by Crippen LogP contribution is 2.17. The van der Waals surface area contributed by atoms with Crippen LogP contribution in [0.25, 0.3) is 0 Å². The first-order valence-electron chi connectivity index (χ1n) is 7.90. The van der Waals surface area contributed by atoms with Crippen molar-refractivity contribution in [2.75, 3.05) is 6.54 Å². The average molecular weight is 289 g/mol. The van der Waals surface area contributed by atoms with Crippen LogP contribution in [0.2, 0.25) is 0 Å². The maximum Gasteiger partial charge on any atom is 0.125 e. The number of hydrogen-bond acceptors (Lipinski definition) is 3. The molecule has 2 rings (SSSR count). The Kier molecular flexibility index (Phi) is 5.56. The Hall–Kier alpha value is -1.62. The van der Waals surface area contributed by atoms with Crippen molar-refractivity contribution in [3.8, 4) is 0 Å². The van der Waals surface area contributed by atoms with Gasteiger partial charge < -0.3 is 9.88 Å². The van der Waals surface area contributed by atoms with Gasteiger partial charge in [-0.2, -0.15) is 5.10 Å². The topological polar surface area (TPSA) is 47.7 Å². The van der Waals surface area contributed by atoms with E-state index in [-0.39, 0.29) is 6.04 Å². The largest absolute Gasteiger partial charge is 0.337 e. The lowest BCUT2D eigenvalue weighted by atomic mass is 10.1. The molecule has 2 aromatic heterocycles. The molecule has 116 valence electrons. The maximum atomic E-state index is 4.71. The zero-order valence-corrected chi connectivity index (χ0v) is 13.6. The molecule has 0 fully saturated rings. The molecule has 0 saturated heterocycles. The summed E-state index contributed by atoms with van der Waals surface area (Å²) in [5, 5.41) is 8.29. The van der Waals surface area contributed by atoms with Crippen LogP contribution in [-0.4, -0.2) is 25.9 Å². The van der Waals surface area contributed by atoms with Gasteiger partial charge in [-0.1, -0.05) is 13.8 Å². The van der Waals surface area contributed by atoms with Gasteiger partial charge in [0.2, 0.25) is 0 Å². The summed E-state index contributed by atoms with van der Waals surface area (Å²) in [6.45, 7) is 7.55. The quantitative estimate of drug-likeness (QED) is 0.813. The van der Waals surface area contributed by atoms with Crippen molar-refractivity contribution < 1.29 is 0 Å². The SMILES string of the molecule is CCCNC(Cc1ccn(C(C)CC)n1)c1nccn1C. The molecular weight excluding hydrogens is 262 g/mol. The number of aryl methyl sites for hydroxylation is 1. The third-order valence-corrected chi connectivity index (χ3v) is 3.93. The van der Waals surface area contributed by atoms with E-state index in [1.165, 1.54) is 0 Å². The van der Waals surface area contributed by atoms with Crippen LogP contribution in [0.1, 0.15) is 57.2 Å². The molecular formula is C16H27N5. The van der Waals surface area contributed by atoms with E-state index in [1.54, 1.807) is 0 Å². The van der Waals surface area contributed by atoms with Crippen molar-refractivity contribution in [3.05, 3.63) is 36.2 Å². The lowest BCUT2D eigenvalue weighted by Gasteiger charge is -2.17. The smallest absolute Gasteiger partial charge is 0.125 e. The highest BCUT2D eigenvalue weighted by atomic mass is 15.3. The monoisotopic (exact) mass is 289 g/mol. The molecule has 0 amide bonds. The van der Waals surface area contributed by atoms with Crippen molar-refractivity contribution in [1.82, 2.24) is 24.6 Å². The van der Waals surface area contributed by atoms with Crippen LogP contribution in [0.4, 0.5) is 0 Å². The first-order valence-corrected chi connectivity index (χ1v) is 7.90. The molecule has 0 spiro atoms. The Bertz CT molecular complexity index is 542. The van der Waals surface area contributed by atoms with Crippen molar-refractivity contribution in [1.29, 1.82) is 0 Å². The van der Waals surface area contributed by atoms with E-state index in [2.05, 4.69) is 52.6 Å². The van der Waals surface area contributed by atoms with Gasteiger partial charge in [0.25, 0.3) is 0 Å². The van der Waals surface area contributed by atoms with Crippen molar-refractivity contribution >= 4 is 0 Å². The van der Waals surface area contributed by atoms with E-state index in [1.807, 2.05) is 19.4 Å². The van der Waals surface area contributed by atoms with Gasteiger partial charge in [0, 0.05) is 38.1 Å². The molecule has 2 atom stereocenters. The Morgan fingerprint density at radius 3 is 2.71 bits per heavy atom. The number of aromatic nitrogens is 4. The van der Waals surface area contributed by atoms with Gasteiger partial charge in [0.15, 0.2) is 0 Å². The van der Waals surface area contributed by atoms with E-state index < -0.39 is 0 Å². The van der Waals surface area contributed by atoms with Gasteiger partial charge in [-0.3, -0.25) is 4.68 Å². The predicted octanol–water partition coefficient (Wildman–Crippen LogP) is 2.87. The molecule has 5 nitrogen and oxygen atoms in total. The fourth-order valence-corrected chi connectivity index (χ4v) is 2.41. The lowest BCUT2D eigenvalue weighted by molar-refractivity contribution is 0.457. The number of hydrogen-bond donors (Lipinski definition) is 1. The molecule has 2 heterocycles. The second-order valence-corrected chi connectivity index (χ2v) is 5.65. The van der Waals surface area contributed by atoms with Gasteiger partial charge in [0.05, 0.1) is 11.7 Å². The summed E-state index contributed by atoms with van der Waals surface area (Å²) in [6, 6.07) is 2.79. The first kappa shape index (κ1) is 15.8. The van der Waals surface area contributed by atoms with E-state index in [0.29, 0.717) is 6.04 Å². The summed E-state index contributed by atoms with van der Waals surface area (Å²) in [5.74, 6) is 1.07. The summed E-state index contributed by atoms with van der Waals surface area (Å²) in [4.78, 5) is 4.49. The van der Waals surface area contributed by atoms with E-state index in [9.17, 15) is 0 Å². The van der Waals surface area contributed by atoms with Crippen LogP contribution in [-0.2, 0) is 13.5 Å². The third-order valence-electron chi connectivity index (χ3n) is 3.93. The Labute approximate surface area is 127 Å². The predicted molar refractivity (Wildman–Crippen MR) is 85.2 cm³/mol. The fourth-order valence-electron chi connectivity index (χ4n) is 2.41. The number of nitrogens with one attached hydrogen (secondary N) is 1. The van der Waals surface area contributed by atoms with E-state index >= 15 is 0 Å². The fraction of sp³-hybridized carbons (Fsp3) is 0.625. The molecule has 0 saturated carbocycles. The highest BCUT2D eigenvalue weighted by Gasteiger charge is 2.17. The van der Waals surface area contributed by atoms with Crippen LogP contribution in [0, 0.1) is 0 Å². The number of rotatable bonds is 8. The zero-order valence-electron chi connectivity index (χ0n) is 13.6. The summed E-state index contributed by atoms with van der Waals surface area (Å²) in [6.07, 6.45) is 9.01. The Morgan fingerprint density at radius 2 is 2.10 bits per heavy atom. The normalized spacial score (nSPS) is 14.3. The molecule has 0 aromatic carbocycles. The summed E-state index contributed by atoms with van der Waals surface area (Å²) >= 11 is 0. The summed E-state index contributed by atoms with van der Waals surface area (Å²) in [7, 11) is 2.04. The molecule has 0 aliphatic carbocycles. The van der Waals surface area contributed by atoms with E-state index in [0.717, 1.165) is 37.3 Å². The number of imidazole rings is 1. The molecule has 0 aliphatic heterocycles. The molecule has 2 aromatic rings. The van der Waals surface area contributed by atoms with Crippen molar-refractivity contribution in [2.45, 2.75) is 52.1 Å². The maximum absolute atomic E-state index is 4.71.